The molecule has 1 aliphatic heterocycles. The summed E-state index contributed by atoms with van der Waals surface area (Å²) in [5, 5.41) is 3.48. The zero-order chi connectivity index (χ0) is 38.8. The number of methoxy groups -OCH3 is 1. The summed E-state index contributed by atoms with van der Waals surface area (Å²) in [7, 11) is -2.33. The van der Waals surface area contributed by atoms with E-state index in [4.69, 9.17) is 14.2 Å². The van der Waals surface area contributed by atoms with Crippen LogP contribution in [0.5, 0.6) is 5.75 Å². The number of ether oxygens (including phenoxy) is 3. The van der Waals surface area contributed by atoms with Crippen LogP contribution in [0.2, 0.25) is 0 Å². The van der Waals surface area contributed by atoms with Gasteiger partial charge in [-0.1, -0.05) is 12.0 Å². The summed E-state index contributed by atoms with van der Waals surface area (Å²) < 4.78 is 98.7. The number of hydrogen-bond acceptors (Lipinski definition) is 8. The van der Waals surface area contributed by atoms with Crippen LogP contribution in [0.4, 0.5) is 38.5 Å². The lowest BCUT2D eigenvalue weighted by Crippen LogP contribution is -2.51. The number of piperidine rings is 1. The number of sulfone groups is 1. The van der Waals surface area contributed by atoms with E-state index in [1.807, 2.05) is 0 Å². The van der Waals surface area contributed by atoms with E-state index in [2.05, 4.69) is 17.2 Å². The van der Waals surface area contributed by atoms with Crippen LogP contribution in [0.15, 0.2) is 47.4 Å². The predicted molar refractivity (Wildman–Crippen MR) is 189 cm³/mol. The van der Waals surface area contributed by atoms with Crippen LogP contribution in [0.1, 0.15) is 53.7 Å². The summed E-state index contributed by atoms with van der Waals surface area (Å²) >= 11 is 0. The van der Waals surface area contributed by atoms with Gasteiger partial charge in [-0.3, -0.25) is 4.90 Å². The Kier molecular flexibility index (Phi) is 11.7. The molecule has 52 heavy (non-hydrogen) atoms. The Hall–Kier alpha value is -4.65. The Morgan fingerprint density at radius 3 is 2.27 bits per heavy atom. The molecule has 1 N–H and O–H groups in total. The molecule has 3 aromatic rings. The van der Waals surface area contributed by atoms with Crippen LogP contribution in [-0.4, -0.2) is 92.7 Å². The van der Waals surface area contributed by atoms with E-state index in [1.54, 1.807) is 53.7 Å². The van der Waals surface area contributed by atoms with E-state index in [0.29, 0.717) is 11.1 Å². The van der Waals surface area contributed by atoms with Crippen molar-refractivity contribution in [3.8, 4) is 17.6 Å². The average molecular weight is 753 g/mol. The molecule has 0 aliphatic carbocycles. The molecule has 2 amide bonds. The Labute approximate surface area is 301 Å². The van der Waals surface area contributed by atoms with Crippen LogP contribution in [0.3, 0.4) is 0 Å². The lowest BCUT2D eigenvalue weighted by atomic mass is 10.0. The number of hydrogen-bond donors (Lipinski definition) is 1. The summed E-state index contributed by atoms with van der Waals surface area (Å²) in [5.41, 5.74) is -1.01. The summed E-state index contributed by atoms with van der Waals surface area (Å²) in [5.74, 6) is 5.56. The van der Waals surface area contributed by atoms with Gasteiger partial charge in [0.25, 0.3) is 0 Å². The summed E-state index contributed by atoms with van der Waals surface area (Å²) in [6.45, 7) is 8.33. The van der Waals surface area contributed by atoms with Crippen LogP contribution in [-0.2, 0) is 25.9 Å². The van der Waals surface area contributed by atoms with Crippen molar-refractivity contribution in [3.05, 3.63) is 48.2 Å². The first-order valence-electron chi connectivity index (χ1n) is 16.4. The Morgan fingerprint density at radius 1 is 1.02 bits per heavy atom. The molecule has 1 fully saturated rings. The third-order valence-corrected chi connectivity index (χ3v) is 8.87. The first-order valence-corrected chi connectivity index (χ1v) is 18.3. The lowest BCUT2D eigenvalue weighted by Gasteiger charge is -2.36. The predicted octanol–water partition coefficient (Wildman–Crippen LogP) is 7.17. The maximum Gasteiger partial charge on any atom is 0.415 e. The number of amides is 2. The molecule has 0 spiro atoms. The molecule has 0 bridgehead atoms. The Morgan fingerprint density at radius 2 is 1.69 bits per heavy atom. The quantitative estimate of drug-likeness (QED) is 0.200. The number of halogens is 4. The second-order valence-electron chi connectivity index (χ2n) is 14.4. The monoisotopic (exact) mass is 752 g/mol. The number of nitrogens with one attached hydrogen (secondary N) is 1. The number of likely N-dealkylation sites (tertiary alicyclic amines) is 1. The first kappa shape index (κ1) is 40.1. The van der Waals surface area contributed by atoms with E-state index in [9.17, 15) is 31.2 Å². The number of anilines is 2. The second-order valence-corrected chi connectivity index (χ2v) is 16.4. The molecule has 1 saturated heterocycles. The summed E-state index contributed by atoms with van der Waals surface area (Å²) in [6.07, 6.45) is -6.35. The molecule has 11 nitrogen and oxygen atoms in total. The number of nitrogens with zero attached hydrogens (tertiary/aromatic N) is 3. The number of carbonyl (C=O) groups excluding carboxylic acids is 2. The molecule has 2 aromatic carbocycles. The highest BCUT2D eigenvalue weighted by molar-refractivity contribution is 7.90. The molecule has 1 aliphatic rings. The van der Waals surface area contributed by atoms with Crippen LogP contribution >= 0.6 is 0 Å². The van der Waals surface area contributed by atoms with Crippen molar-refractivity contribution in [2.24, 2.45) is 0 Å². The van der Waals surface area contributed by atoms with Crippen LogP contribution in [0.25, 0.3) is 10.9 Å². The van der Waals surface area contributed by atoms with E-state index in [0.717, 1.165) is 15.7 Å². The molecule has 2 atom stereocenters. The third-order valence-electron chi connectivity index (χ3n) is 7.75. The maximum atomic E-state index is 15.4. The minimum absolute atomic E-state index is 0.0263. The summed E-state index contributed by atoms with van der Waals surface area (Å²) in [6, 6.07) is 9.28. The minimum Gasteiger partial charge on any atom is -0.495 e. The zero-order valence-corrected chi connectivity index (χ0v) is 31.2. The van der Waals surface area contributed by atoms with Gasteiger partial charge in [0.05, 0.1) is 48.0 Å². The number of alkyl halides is 4. The Bertz CT molecular complexity index is 1970. The van der Waals surface area contributed by atoms with Crippen molar-refractivity contribution in [2.75, 3.05) is 43.2 Å². The fourth-order valence-electron chi connectivity index (χ4n) is 5.51. The molecule has 4 rings (SSSR count). The number of fused-ring (bicyclic) bond motifs is 1. The number of aromatic nitrogens is 1. The molecule has 16 heteroatoms. The number of rotatable bonds is 7. The van der Waals surface area contributed by atoms with Crippen LogP contribution < -0.4 is 15.0 Å². The molecule has 0 saturated carbocycles. The fraction of sp³-hybridized carbons (Fsp3) is 0.500. The van der Waals surface area contributed by atoms with Crippen LogP contribution in [0, 0.1) is 11.8 Å². The van der Waals surface area contributed by atoms with Gasteiger partial charge in [0.2, 0.25) is 0 Å². The molecule has 284 valence electrons. The summed E-state index contributed by atoms with van der Waals surface area (Å²) in [4.78, 5) is 28.2. The first-order chi connectivity index (χ1) is 24.0. The van der Waals surface area contributed by atoms with E-state index in [-0.39, 0.29) is 53.6 Å². The molecule has 2 heterocycles. The van der Waals surface area contributed by atoms with E-state index >= 15 is 4.39 Å². The Balaban J connectivity index is 1.69. The molecule has 0 radical (unpaired) electrons. The number of carbonyl (C=O) groups is 2. The smallest absolute Gasteiger partial charge is 0.415 e. The highest BCUT2D eigenvalue weighted by Crippen LogP contribution is 2.34. The standard InChI is InChI=1S/C36H44F4N4O7S/c1-34(2,3)50-32(45)42-18-16-28(26(37)21-42)41-27-12-9-13-29-25(27)19-23(44(29)22-36(38,39)40)11-10-17-43(33(46)51-35(4,5)6)30-15-14-24(52(8,47)48)20-31(30)49-7/h9,12-15,19-20,26,28,41H,16-18,21-22H2,1-8H3. The SMILES string of the molecule is COc1cc(S(C)(=O)=O)ccc1N(CC#Cc1cc2c(NC3CCN(C(=O)OC(C)(C)C)CC3F)cccc2n1CC(F)(F)F)C(=O)OC(C)(C)C. The van der Waals surface area contributed by atoms with E-state index in [1.165, 1.54) is 42.3 Å². The van der Waals surface area contributed by atoms with Gasteiger partial charge in [-0.15, -0.1) is 0 Å². The molecule has 2 unspecified atom stereocenters. The van der Waals surface area contributed by atoms with Crippen molar-refractivity contribution < 1.29 is 49.8 Å². The fourth-order valence-corrected chi connectivity index (χ4v) is 6.15. The number of benzene rings is 2. The minimum atomic E-state index is -4.62. The highest BCUT2D eigenvalue weighted by atomic mass is 32.2. The molecule has 1 aromatic heterocycles. The zero-order valence-electron chi connectivity index (χ0n) is 30.4. The second kappa shape index (κ2) is 15.1. The highest BCUT2D eigenvalue weighted by Gasteiger charge is 2.35. The van der Waals surface area contributed by atoms with Gasteiger partial charge in [0.15, 0.2) is 9.84 Å². The maximum absolute atomic E-state index is 15.4. The van der Waals surface area contributed by atoms with E-state index < -0.39 is 58.2 Å². The molecular formula is C36H44F4N4O7S. The van der Waals surface area contributed by atoms with Gasteiger partial charge in [-0.25, -0.2) is 22.4 Å². The van der Waals surface area contributed by atoms with Crippen molar-refractivity contribution in [3.63, 3.8) is 0 Å². The molecular weight excluding hydrogens is 708 g/mol. The largest absolute Gasteiger partial charge is 0.495 e. The van der Waals surface area contributed by atoms with Crippen molar-refractivity contribution >= 4 is 44.3 Å². The van der Waals surface area contributed by atoms with Gasteiger partial charge in [-0.2, -0.15) is 13.2 Å². The topological polar surface area (TPSA) is 119 Å². The van der Waals surface area contributed by atoms with Crippen molar-refractivity contribution in [1.29, 1.82) is 0 Å². The van der Waals surface area contributed by atoms with Gasteiger partial charge in [-0.05, 0) is 84.2 Å². The van der Waals surface area contributed by atoms with Gasteiger partial charge in [0.1, 0.15) is 29.7 Å². The van der Waals surface area contributed by atoms with Gasteiger partial charge in [0, 0.05) is 29.9 Å². The average Bonchev–Trinajstić information content (AvgIpc) is 3.34. The van der Waals surface area contributed by atoms with Crippen molar-refractivity contribution in [1.82, 2.24) is 9.47 Å². The third kappa shape index (κ3) is 10.5. The lowest BCUT2D eigenvalue weighted by molar-refractivity contribution is -0.140. The normalized spacial score (nSPS) is 16.9. The van der Waals surface area contributed by atoms with Crippen molar-refractivity contribution in [2.45, 2.75) is 89.0 Å². The van der Waals surface area contributed by atoms with Gasteiger partial charge >= 0.3 is 18.4 Å². The van der Waals surface area contributed by atoms with Gasteiger partial charge < -0.3 is 29.0 Å².